The van der Waals surface area contributed by atoms with Crippen LogP contribution < -0.4 is 10.6 Å². The zero-order valence-electron chi connectivity index (χ0n) is 12.6. The Hall–Kier alpha value is -1.65. The van der Waals surface area contributed by atoms with E-state index in [1.807, 2.05) is 6.92 Å². The molecule has 5 heteroatoms. The Bertz CT molecular complexity index is 395. The number of hydrogen-bond acceptors (Lipinski definition) is 4. The van der Waals surface area contributed by atoms with Crippen LogP contribution in [-0.2, 0) is 0 Å². The molecule has 1 heterocycles. The van der Waals surface area contributed by atoms with E-state index < -0.39 is 0 Å². The van der Waals surface area contributed by atoms with Crippen molar-refractivity contribution in [1.82, 2.24) is 15.3 Å². The van der Waals surface area contributed by atoms with Crippen molar-refractivity contribution in [3.63, 3.8) is 0 Å². The lowest BCUT2D eigenvalue weighted by Crippen LogP contribution is -2.25. The molecule has 1 aromatic rings. The Kier molecular flexibility index (Phi) is 8.35. The number of unbranched alkanes of at least 4 members (excludes halogenated alkanes) is 5. The van der Waals surface area contributed by atoms with Crippen LogP contribution in [0.1, 0.15) is 62.9 Å². The molecule has 0 aliphatic carbocycles. The highest BCUT2D eigenvalue weighted by atomic mass is 16.1. The summed E-state index contributed by atoms with van der Waals surface area (Å²) < 4.78 is 0. The molecule has 0 spiro atoms. The van der Waals surface area contributed by atoms with Gasteiger partial charge in [0.25, 0.3) is 5.91 Å². The molecule has 0 atom stereocenters. The summed E-state index contributed by atoms with van der Waals surface area (Å²) >= 11 is 0. The van der Waals surface area contributed by atoms with Crippen molar-refractivity contribution < 1.29 is 4.79 Å². The minimum atomic E-state index is -0.147. The van der Waals surface area contributed by atoms with Crippen LogP contribution in [0.3, 0.4) is 0 Å². The summed E-state index contributed by atoms with van der Waals surface area (Å²) in [5.41, 5.74) is 0.370. The van der Waals surface area contributed by atoms with E-state index in [4.69, 9.17) is 0 Å². The van der Waals surface area contributed by atoms with Crippen LogP contribution in [0.15, 0.2) is 12.4 Å². The number of nitrogens with one attached hydrogen (secondary N) is 2. The number of hydrogen-bond donors (Lipinski definition) is 2. The SMILES string of the molecule is CCCCCCCCNC(=O)c1cncc(NCC)n1. The maximum atomic E-state index is 11.9. The highest BCUT2D eigenvalue weighted by molar-refractivity contribution is 5.92. The van der Waals surface area contributed by atoms with Gasteiger partial charge in [0.05, 0.1) is 12.4 Å². The van der Waals surface area contributed by atoms with E-state index in [2.05, 4.69) is 27.5 Å². The number of carbonyl (C=O) groups excluding carboxylic acids is 1. The van der Waals surface area contributed by atoms with Crippen molar-refractivity contribution in [2.45, 2.75) is 52.4 Å². The highest BCUT2D eigenvalue weighted by Crippen LogP contribution is 2.05. The molecule has 0 aromatic carbocycles. The van der Waals surface area contributed by atoms with Gasteiger partial charge in [-0.1, -0.05) is 39.0 Å². The number of rotatable bonds is 10. The maximum Gasteiger partial charge on any atom is 0.271 e. The van der Waals surface area contributed by atoms with Crippen LogP contribution >= 0.6 is 0 Å². The molecule has 0 fully saturated rings. The average Bonchev–Trinajstić information content (AvgIpc) is 2.47. The van der Waals surface area contributed by atoms with Gasteiger partial charge in [0.1, 0.15) is 11.5 Å². The van der Waals surface area contributed by atoms with Crippen LogP contribution in [-0.4, -0.2) is 29.0 Å². The largest absolute Gasteiger partial charge is 0.369 e. The van der Waals surface area contributed by atoms with E-state index in [0.29, 0.717) is 18.1 Å². The van der Waals surface area contributed by atoms with Crippen LogP contribution in [0.5, 0.6) is 0 Å². The van der Waals surface area contributed by atoms with Gasteiger partial charge in [0.2, 0.25) is 0 Å². The second-order valence-electron chi connectivity index (χ2n) is 4.84. The lowest BCUT2D eigenvalue weighted by Gasteiger charge is -2.06. The lowest BCUT2D eigenvalue weighted by atomic mass is 10.1. The number of anilines is 1. The van der Waals surface area contributed by atoms with Gasteiger partial charge in [0, 0.05) is 13.1 Å². The van der Waals surface area contributed by atoms with Gasteiger partial charge in [-0.05, 0) is 13.3 Å². The summed E-state index contributed by atoms with van der Waals surface area (Å²) in [5.74, 6) is 0.491. The topological polar surface area (TPSA) is 66.9 Å². The molecular formula is C15H26N4O. The van der Waals surface area contributed by atoms with Gasteiger partial charge in [-0.3, -0.25) is 9.78 Å². The number of nitrogens with zero attached hydrogens (tertiary/aromatic N) is 2. The molecule has 0 saturated carbocycles. The molecule has 2 N–H and O–H groups in total. The monoisotopic (exact) mass is 278 g/mol. The zero-order chi connectivity index (χ0) is 14.6. The molecule has 0 aliphatic heterocycles. The lowest BCUT2D eigenvalue weighted by molar-refractivity contribution is 0.0947. The van der Waals surface area contributed by atoms with E-state index in [1.165, 1.54) is 38.3 Å². The first kappa shape index (κ1) is 16.4. The third-order valence-corrected chi connectivity index (χ3v) is 3.04. The molecular weight excluding hydrogens is 252 g/mol. The fraction of sp³-hybridized carbons (Fsp3) is 0.667. The van der Waals surface area contributed by atoms with Gasteiger partial charge < -0.3 is 10.6 Å². The molecule has 0 unspecified atom stereocenters. The highest BCUT2D eigenvalue weighted by Gasteiger charge is 2.07. The summed E-state index contributed by atoms with van der Waals surface area (Å²) in [4.78, 5) is 20.1. The van der Waals surface area contributed by atoms with Crippen LogP contribution in [0.25, 0.3) is 0 Å². The first-order valence-electron chi connectivity index (χ1n) is 7.62. The second-order valence-corrected chi connectivity index (χ2v) is 4.84. The van der Waals surface area contributed by atoms with Crippen molar-refractivity contribution in [2.24, 2.45) is 0 Å². The smallest absolute Gasteiger partial charge is 0.271 e. The quantitative estimate of drug-likeness (QED) is 0.646. The molecule has 112 valence electrons. The van der Waals surface area contributed by atoms with Crippen LogP contribution in [0, 0.1) is 0 Å². The van der Waals surface area contributed by atoms with Gasteiger partial charge in [-0.2, -0.15) is 0 Å². The molecule has 1 rings (SSSR count). The minimum Gasteiger partial charge on any atom is -0.369 e. The van der Waals surface area contributed by atoms with Gasteiger partial charge in [-0.15, -0.1) is 0 Å². The molecule has 1 aromatic heterocycles. The Morgan fingerprint density at radius 2 is 1.85 bits per heavy atom. The Morgan fingerprint density at radius 3 is 2.60 bits per heavy atom. The standard InChI is InChI=1S/C15H26N4O/c1-3-5-6-7-8-9-10-18-15(20)13-11-16-12-14(19-13)17-4-2/h11-12H,3-10H2,1-2H3,(H,17,19)(H,18,20). The van der Waals surface area contributed by atoms with E-state index >= 15 is 0 Å². The second kappa shape index (κ2) is 10.2. The number of amides is 1. The summed E-state index contributed by atoms with van der Waals surface area (Å²) in [7, 11) is 0. The molecule has 0 bridgehead atoms. The number of carbonyl (C=O) groups is 1. The summed E-state index contributed by atoms with van der Waals surface area (Å²) in [6, 6.07) is 0. The van der Waals surface area contributed by atoms with Crippen LogP contribution in [0.2, 0.25) is 0 Å². The molecule has 0 saturated heterocycles. The Labute approximate surface area is 121 Å². The third kappa shape index (κ3) is 6.50. The van der Waals surface area contributed by atoms with Crippen molar-refractivity contribution in [3.8, 4) is 0 Å². The normalized spacial score (nSPS) is 10.3. The fourth-order valence-electron chi connectivity index (χ4n) is 1.94. The molecule has 1 amide bonds. The van der Waals surface area contributed by atoms with Crippen molar-refractivity contribution in [3.05, 3.63) is 18.1 Å². The molecule has 5 nitrogen and oxygen atoms in total. The van der Waals surface area contributed by atoms with Crippen molar-refractivity contribution >= 4 is 11.7 Å². The van der Waals surface area contributed by atoms with Gasteiger partial charge in [0.15, 0.2) is 0 Å². The zero-order valence-corrected chi connectivity index (χ0v) is 12.6. The first-order chi connectivity index (χ1) is 9.77. The fourth-order valence-corrected chi connectivity index (χ4v) is 1.94. The third-order valence-electron chi connectivity index (χ3n) is 3.04. The Morgan fingerprint density at radius 1 is 1.10 bits per heavy atom. The van der Waals surface area contributed by atoms with Crippen LogP contribution in [0.4, 0.5) is 5.82 Å². The summed E-state index contributed by atoms with van der Waals surface area (Å²) in [5, 5.41) is 5.94. The van der Waals surface area contributed by atoms with Crippen molar-refractivity contribution in [2.75, 3.05) is 18.4 Å². The van der Waals surface area contributed by atoms with E-state index in [0.717, 1.165) is 13.0 Å². The number of aromatic nitrogens is 2. The average molecular weight is 278 g/mol. The van der Waals surface area contributed by atoms with Gasteiger partial charge in [-0.25, -0.2) is 4.98 Å². The van der Waals surface area contributed by atoms with E-state index in [-0.39, 0.29) is 5.91 Å². The van der Waals surface area contributed by atoms with E-state index in [1.54, 1.807) is 6.20 Å². The summed E-state index contributed by atoms with van der Waals surface area (Å²) in [6.45, 7) is 5.66. The molecule has 0 radical (unpaired) electrons. The Balaban J connectivity index is 2.23. The first-order valence-corrected chi connectivity index (χ1v) is 7.62. The predicted octanol–water partition coefficient (Wildman–Crippen LogP) is 3.00. The molecule has 20 heavy (non-hydrogen) atoms. The van der Waals surface area contributed by atoms with Crippen molar-refractivity contribution in [1.29, 1.82) is 0 Å². The van der Waals surface area contributed by atoms with Gasteiger partial charge >= 0.3 is 0 Å². The minimum absolute atomic E-state index is 0.147. The predicted molar refractivity (Wildman–Crippen MR) is 81.9 cm³/mol. The summed E-state index contributed by atoms with van der Waals surface area (Å²) in [6.07, 6.45) is 10.4. The maximum absolute atomic E-state index is 11.9. The van der Waals surface area contributed by atoms with E-state index in [9.17, 15) is 4.79 Å². The molecule has 0 aliphatic rings.